The molecular formula is C12H26ClN. The second-order valence-electron chi connectivity index (χ2n) is 4.58. The Morgan fingerprint density at radius 3 is 2.64 bits per heavy atom. The van der Waals surface area contributed by atoms with E-state index in [-0.39, 0.29) is 12.4 Å². The molecule has 1 nitrogen and oxygen atoms in total. The average molecular weight is 220 g/mol. The van der Waals surface area contributed by atoms with Crippen molar-refractivity contribution < 1.29 is 17.3 Å². The van der Waals surface area contributed by atoms with Crippen LogP contribution in [0.4, 0.5) is 0 Å². The highest BCUT2D eigenvalue weighted by Crippen LogP contribution is 2.10. The number of unbranched alkanes of at least 4 members (excludes halogenated alkanes) is 2. The molecule has 2 unspecified atom stereocenters. The number of nitrogens with one attached hydrogen (secondary N) is 1. The highest BCUT2D eigenvalue weighted by molar-refractivity contribution is 4.59. The van der Waals surface area contributed by atoms with Gasteiger partial charge in [0.15, 0.2) is 0 Å². The van der Waals surface area contributed by atoms with Gasteiger partial charge in [0.05, 0.1) is 19.6 Å². The molecule has 0 aromatic heterocycles. The molecule has 0 aromatic carbocycles. The third kappa shape index (κ3) is 5.21. The van der Waals surface area contributed by atoms with Crippen molar-refractivity contribution in [1.29, 1.82) is 0 Å². The van der Waals surface area contributed by atoms with Crippen molar-refractivity contribution in [3.8, 4) is 0 Å². The normalized spacial score (nSPS) is 27.0. The molecule has 0 bridgehead atoms. The summed E-state index contributed by atoms with van der Waals surface area (Å²) in [5.74, 6) is 1.03. The number of halogens is 1. The lowest BCUT2D eigenvalue weighted by Gasteiger charge is -2.29. The van der Waals surface area contributed by atoms with Gasteiger partial charge < -0.3 is 17.3 Å². The molecule has 0 aliphatic carbocycles. The van der Waals surface area contributed by atoms with E-state index in [4.69, 9.17) is 0 Å². The van der Waals surface area contributed by atoms with Crippen LogP contribution >= 0.6 is 0 Å². The maximum Gasteiger partial charge on any atom is 0.0799 e. The van der Waals surface area contributed by atoms with Gasteiger partial charge in [-0.05, 0) is 32.1 Å². The smallest absolute Gasteiger partial charge is 0.0799 e. The Labute approximate surface area is 95.7 Å². The maximum absolute atomic E-state index is 2.35. The van der Waals surface area contributed by atoms with E-state index in [1.165, 1.54) is 58.2 Å². The minimum atomic E-state index is 0. The van der Waals surface area contributed by atoms with E-state index in [0.717, 1.165) is 5.92 Å². The van der Waals surface area contributed by atoms with Gasteiger partial charge in [-0.2, -0.15) is 0 Å². The standard InChI is InChI=1S/C12H25N.ClH/c1-3-5-6-9-13-10-7-8-12(4-2)11-13;/h12H,3-11H2,1-2H3;1H. The molecule has 0 radical (unpaired) electrons. The van der Waals surface area contributed by atoms with Gasteiger partial charge in [0, 0.05) is 5.92 Å². The number of hydrogen-bond donors (Lipinski definition) is 1. The molecule has 0 saturated carbocycles. The fourth-order valence-corrected chi connectivity index (χ4v) is 2.45. The predicted molar refractivity (Wildman–Crippen MR) is 58.1 cm³/mol. The number of hydrogen-bond acceptors (Lipinski definition) is 0. The van der Waals surface area contributed by atoms with Crippen molar-refractivity contribution >= 4 is 0 Å². The topological polar surface area (TPSA) is 4.44 Å². The molecular weight excluding hydrogens is 194 g/mol. The summed E-state index contributed by atoms with van der Waals surface area (Å²) in [6.07, 6.45) is 8.61. The van der Waals surface area contributed by atoms with Gasteiger partial charge in [-0.25, -0.2) is 0 Å². The Morgan fingerprint density at radius 2 is 2.00 bits per heavy atom. The second-order valence-corrected chi connectivity index (χ2v) is 4.58. The Hall–Kier alpha value is 0.250. The average Bonchev–Trinajstić information content (AvgIpc) is 2.19. The fraction of sp³-hybridized carbons (Fsp3) is 1.00. The second kappa shape index (κ2) is 8.55. The lowest BCUT2D eigenvalue weighted by Crippen LogP contribution is -3.13. The minimum absolute atomic E-state index is 0. The molecule has 2 atom stereocenters. The summed E-state index contributed by atoms with van der Waals surface area (Å²) in [7, 11) is 0. The zero-order valence-electron chi connectivity index (χ0n) is 9.82. The van der Waals surface area contributed by atoms with Crippen molar-refractivity contribution in [1.82, 2.24) is 0 Å². The molecule has 1 N–H and O–H groups in total. The van der Waals surface area contributed by atoms with Gasteiger partial charge in [-0.3, -0.25) is 0 Å². The first kappa shape index (κ1) is 14.2. The van der Waals surface area contributed by atoms with Crippen LogP contribution in [0.2, 0.25) is 0 Å². The van der Waals surface area contributed by atoms with E-state index < -0.39 is 0 Å². The quantitative estimate of drug-likeness (QED) is 0.560. The highest BCUT2D eigenvalue weighted by Gasteiger charge is 2.20. The molecule has 1 heterocycles. The van der Waals surface area contributed by atoms with E-state index in [1.807, 2.05) is 4.90 Å². The van der Waals surface area contributed by atoms with Crippen molar-refractivity contribution in [2.75, 3.05) is 19.6 Å². The van der Waals surface area contributed by atoms with E-state index in [2.05, 4.69) is 13.8 Å². The van der Waals surface area contributed by atoms with Crippen LogP contribution in [0.3, 0.4) is 0 Å². The van der Waals surface area contributed by atoms with Gasteiger partial charge in [0.1, 0.15) is 0 Å². The molecule has 1 saturated heterocycles. The zero-order valence-corrected chi connectivity index (χ0v) is 10.6. The summed E-state index contributed by atoms with van der Waals surface area (Å²) >= 11 is 0. The van der Waals surface area contributed by atoms with Gasteiger partial charge >= 0.3 is 0 Å². The number of likely N-dealkylation sites (tertiary alicyclic amines) is 1. The van der Waals surface area contributed by atoms with Crippen molar-refractivity contribution in [2.45, 2.75) is 52.4 Å². The van der Waals surface area contributed by atoms with Crippen molar-refractivity contribution in [3.63, 3.8) is 0 Å². The first-order chi connectivity index (χ1) is 6.36. The molecule has 0 amide bonds. The summed E-state index contributed by atoms with van der Waals surface area (Å²) < 4.78 is 0. The highest BCUT2D eigenvalue weighted by atomic mass is 35.5. The number of rotatable bonds is 5. The minimum Gasteiger partial charge on any atom is -1.00 e. The van der Waals surface area contributed by atoms with Crippen LogP contribution in [0, 0.1) is 5.92 Å². The van der Waals surface area contributed by atoms with E-state index >= 15 is 0 Å². The summed E-state index contributed by atoms with van der Waals surface area (Å²) in [5, 5.41) is 0. The van der Waals surface area contributed by atoms with Crippen molar-refractivity contribution in [2.24, 2.45) is 5.92 Å². The SMILES string of the molecule is CCCCC[NH+]1CCCC(CC)C1.[Cl-]. The molecule has 0 aromatic rings. The number of piperidine rings is 1. The molecule has 2 heteroatoms. The van der Waals surface area contributed by atoms with Crippen molar-refractivity contribution in [3.05, 3.63) is 0 Å². The molecule has 1 fully saturated rings. The first-order valence-corrected chi connectivity index (χ1v) is 6.20. The molecule has 1 aliphatic rings. The fourth-order valence-electron chi connectivity index (χ4n) is 2.45. The molecule has 1 rings (SSSR count). The van der Waals surface area contributed by atoms with Crippen LogP contribution < -0.4 is 17.3 Å². The van der Waals surface area contributed by atoms with E-state index in [1.54, 1.807) is 0 Å². The Morgan fingerprint density at radius 1 is 1.21 bits per heavy atom. The monoisotopic (exact) mass is 219 g/mol. The van der Waals surface area contributed by atoms with Gasteiger partial charge in [-0.1, -0.05) is 20.3 Å². The van der Waals surface area contributed by atoms with Crippen LogP contribution in [-0.4, -0.2) is 19.6 Å². The Bertz CT molecular complexity index is 127. The summed E-state index contributed by atoms with van der Waals surface area (Å²) in [6, 6.07) is 0. The van der Waals surface area contributed by atoms with E-state index in [0.29, 0.717) is 0 Å². The van der Waals surface area contributed by atoms with Crippen LogP contribution in [0.5, 0.6) is 0 Å². The van der Waals surface area contributed by atoms with E-state index in [9.17, 15) is 0 Å². The predicted octanol–water partition coefficient (Wildman–Crippen LogP) is -1.11. The largest absolute Gasteiger partial charge is 1.00 e. The van der Waals surface area contributed by atoms with Gasteiger partial charge in [-0.15, -0.1) is 0 Å². The van der Waals surface area contributed by atoms with Gasteiger partial charge in [0.2, 0.25) is 0 Å². The molecule has 14 heavy (non-hydrogen) atoms. The third-order valence-electron chi connectivity index (χ3n) is 3.43. The maximum atomic E-state index is 2.35. The van der Waals surface area contributed by atoms with Crippen LogP contribution in [-0.2, 0) is 0 Å². The van der Waals surface area contributed by atoms with Crippen LogP contribution in [0.15, 0.2) is 0 Å². The third-order valence-corrected chi connectivity index (χ3v) is 3.43. The molecule has 1 aliphatic heterocycles. The summed E-state index contributed by atoms with van der Waals surface area (Å²) in [4.78, 5) is 1.88. The molecule has 0 spiro atoms. The van der Waals surface area contributed by atoms with Gasteiger partial charge in [0.25, 0.3) is 0 Å². The summed E-state index contributed by atoms with van der Waals surface area (Å²) in [5.41, 5.74) is 0. The lowest BCUT2D eigenvalue weighted by molar-refractivity contribution is -0.909. The Kier molecular flexibility index (Phi) is 8.70. The number of quaternary nitrogens is 1. The molecule has 86 valence electrons. The Balaban J connectivity index is 0.00000169. The summed E-state index contributed by atoms with van der Waals surface area (Å²) in [6.45, 7) is 8.98. The van der Waals surface area contributed by atoms with Crippen LogP contribution in [0.1, 0.15) is 52.4 Å². The zero-order chi connectivity index (χ0) is 9.52. The lowest BCUT2D eigenvalue weighted by atomic mass is 9.95. The van der Waals surface area contributed by atoms with Crippen LogP contribution in [0.25, 0.3) is 0 Å². The first-order valence-electron chi connectivity index (χ1n) is 6.20.